The average Bonchev–Trinajstić information content (AvgIpc) is 2.41. The van der Waals surface area contributed by atoms with E-state index in [1.54, 1.807) is 7.11 Å². The first kappa shape index (κ1) is 13.2. The summed E-state index contributed by atoms with van der Waals surface area (Å²) in [5, 5.41) is 3.31. The summed E-state index contributed by atoms with van der Waals surface area (Å²) in [5.74, 6) is 0. The SMILES string of the molecule is CNC(COC)CN1CCN(C)c2ccccc21. The zero-order valence-electron chi connectivity index (χ0n) is 11.5. The zero-order chi connectivity index (χ0) is 13.0. The Bertz CT molecular complexity index is 383. The molecule has 0 aliphatic carbocycles. The minimum Gasteiger partial charge on any atom is -0.383 e. The van der Waals surface area contributed by atoms with E-state index in [0.717, 1.165) is 26.2 Å². The summed E-state index contributed by atoms with van der Waals surface area (Å²) in [6.45, 7) is 3.86. The lowest BCUT2D eigenvalue weighted by molar-refractivity contribution is 0.171. The van der Waals surface area contributed by atoms with E-state index in [-0.39, 0.29) is 0 Å². The maximum Gasteiger partial charge on any atom is 0.0633 e. The molecule has 1 heterocycles. The van der Waals surface area contributed by atoms with Gasteiger partial charge in [0.2, 0.25) is 0 Å². The average molecular weight is 249 g/mol. The van der Waals surface area contributed by atoms with Crippen LogP contribution in [0, 0.1) is 0 Å². The third kappa shape index (κ3) is 2.76. The van der Waals surface area contributed by atoms with Crippen molar-refractivity contribution in [3.05, 3.63) is 24.3 Å². The molecule has 1 unspecified atom stereocenters. The molecule has 18 heavy (non-hydrogen) atoms. The monoisotopic (exact) mass is 249 g/mol. The van der Waals surface area contributed by atoms with Crippen molar-refractivity contribution in [3.63, 3.8) is 0 Å². The number of anilines is 2. The molecule has 4 nitrogen and oxygen atoms in total. The van der Waals surface area contributed by atoms with Crippen molar-refractivity contribution in [1.29, 1.82) is 0 Å². The Morgan fingerprint density at radius 1 is 1.28 bits per heavy atom. The molecule has 0 amide bonds. The first-order chi connectivity index (χ1) is 8.76. The van der Waals surface area contributed by atoms with Gasteiger partial charge in [-0.25, -0.2) is 0 Å². The van der Waals surface area contributed by atoms with E-state index < -0.39 is 0 Å². The van der Waals surface area contributed by atoms with Gasteiger partial charge in [-0.05, 0) is 19.2 Å². The fraction of sp³-hybridized carbons (Fsp3) is 0.571. The molecule has 0 fully saturated rings. The Hall–Kier alpha value is -1.26. The van der Waals surface area contributed by atoms with Crippen LogP contribution >= 0.6 is 0 Å². The Morgan fingerprint density at radius 3 is 2.67 bits per heavy atom. The van der Waals surface area contributed by atoms with Crippen LogP contribution in [0.4, 0.5) is 11.4 Å². The van der Waals surface area contributed by atoms with Gasteiger partial charge in [0.15, 0.2) is 0 Å². The first-order valence-electron chi connectivity index (χ1n) is 6.47. The van der Waals surface area contributed by atoms with Crippen LogP contribution in [0.3, 0.4) is 0 Å². The third-order valence-electron chi connectivity index (χ3n) is 3.56. The molecular formula is C14H23N3O. The van der Waals surface area contributed by atoms with E-state index in [0.29, 0.717) is 6.04 Å². The second-order valence-corrected chi connectivity index (χ2v) is 4.80. The van der Waals surface area contributed by atoms with E-state index in [2.05, 4.69) is 46.4 Å². The van der Waals surface area contributed by atoms with Crippen LogP contribution in [-0.4, -0.2) is 53.5 Å². The third-order valence-corrected chi connectivity index (χ3v) is 3.56. The van der Waals surface area contributed by atoms with Gasteiger partial charge in [0.1, 0.15) is 0 Å². The minimum absolute atomic E-state index is 0.367. The van der Waals surface area contributed by atoms with Crippen molar-refractivity contribution in [2.75, 3.05) is 57.2 Å². The molecule has 0 spiro atoms. The number of likely N-dealkylation sites (N-methyl/N-ethyl adjacent to an activating group) is 2. The number of methoxy groups -OCH3 is 1. The maximum absolute atomic E-state index is 5.25. The number of benzene rings is 1. The Kier molecular flexibility index (Phi) is 4.44. The first-order valence-corrected chi connectivity index (χ1v) is 6.47. The molecule has 1 aromatic carbocycles. The van der Waals surface area contributed by atoms with Gasteiger partial charge < -0.3 is 19.9 Å². The molecule has 1 aliphatic heterocycles. The van der Waals surface area contributed by atoms with Crippen LogP contribution < -0.4 is 15.1 Å². The quantitative estimate of drug-likeness (QED) is 0.848. The lowest BCUT2D eigenvalue weighted by Crippen LogP contribution is -2.47. The molecule has 0 aromatic heterocycles. The Labute approximate surface area is 110 Å². The molecule has 1 aromatic rings. The van der Waals surface area contributed by atoms with E-state index >= 15 is 0 Å². The van der Waals surface area contributed by atoms with E-state index in [1.165, 1.54) is 11.4 Å². The predicted octanol–water partition coefficient (Wildman–Crippen LogP) is 1.18. The smallest absolute Gasteiger partial charge is 0.0633 e. The summed E-state index contributed by atoms with van der Waals surface area (Å²) >= 11 is 0. The fourth-order valence-electron chi connectivity index (χ4n) is 2.45. The van der Waals surface area contributed by atoms with Crippen LogP contribution in [0.2, 0.25) is 0 Å². The molecule has 1 N–H and O–H groups in total. The largest absolute Gasteiger partial charge is 0.383 e. The molecular weight excluding hydrogens is 226 g/mol. The number of ether oxygens (including phenoxy) is 1. The van der Waals surface area contributed by atoms with Gasteiger partial charge in [-0.2, -0.15) is 0 Å². The van der Waals surface area contributed by atoms with E-state index in [1.807, 2.05) is 7.05 Å². The summed E-state index contributed by atoms with van der Waals surface area (Å²) in [6.07, 6.45) is 0. The molecule has 0 saturated heterocycles. The molecule has 100 valence electrons. The van der Waals surface area contributed by atoms with Gasteiger partial charge in [0, 0.05) is 39.8 Å². The highest BCUT2D eigenvalue weighted by atomic mass is 16.5. The second kappa shape index (κ2) is 6.07. The number of para-hydroxylation sites is 2. The molecule has 0 radical (unpaired) electrons. The van der Waals surface area contributed by atoms with Crippen LogP contribution in [0.5, 0.6) is 0 Å². The number of hydrogen-bond donors (Lipinski definition) is 1. The van der Waals surface area contributed by atoms with Crippen molar-refractivity contribution in [2.24, 2.45) is 0 Å². The summed E-state index contributed by atoms with van der Waals surface area (Å²) in [5.41, 5.74) is 2.64. The van der Waals surface area contributed by atoms with Crippen molar-refractivity contribution >= 4 is 11.4 Å². The van der Waals surface area contributed by atoms with Crippen LogP contribution in [0.1, 0.15) is 0 Å². The zero-order valence-corrected chi connectivity index (χ0v) is 11.5. The fourth-order valence-corrected chi connectivity index (χ4v) is 2.45. The molecule has 4 heteroatoms. The minimum atomic E-state index is 0.367. The van der Waals surface area contributed by atoms with Crippen LogP contribution in [0.25, 0.3) is 0 Å². The Morgan fingerprint density at radius 2 is 2.00 bits per heavy atom. The highest BCUT2D eigenvalue weighted by Gasteiger charge is 2.21. The summed E-state index contributed by atoms with van der Waals surface area (Å²) in [4.78, 5) is 4.76. The highest BCUT2D eigenvalue weighted by Crippen LogP contribution is 2.31. The van der Waals surface area contributed by atoms with Gasteiger partial charge in [-0.1, -0.05) is 12.1 Å². The van der Waals surface area contributed by atoms with Crippen molar-refractivity contribution in [3.8, 4) is 0 Å². The topological polar surface area (TPSA) is 27.7 Å². The highest BCUT2D eigenvalue weighted by molar-refractivity contribution is 5.73. The van der Waals surface area contributed by atoms with Crippen molar-refractivity contribution in [1.82, 2.24) is 5.32 Å². The normalized spacial score (nSPS) is 16.6. The van der Waals surface area contributed by atoms with Gasteiger partial charge in [0.05, 0.1) is 18.0 Å². The maximum atomic E-state index is 5.25. The summed E-state index contributed by atoms with van der Waals surface area (Å²) in [7, 11) is 5.90. The lowest BCUT2D eigenvalue weighted by Gasteiger charge is -2.38. The van der Waals surface area contributed by atoms with Crippen molar-refractivity contribution in [2.45, 2.75) is 6.04 Å². The molecule has 1 aliphatic rings. The van der Waals surface area contributed by atoms with Crippen molar-refractivity contribution < 1.29 is 4.74 Å². The lowest BCUT2D eigenvalue weighted by atomic mass is 10.1. The number of nitrogens with zero attached hydrogens (tertiary/aromatic N) is 2. The Balaban J connectivity index is 2.13. The van der Waals surface area contributed by atoms with Gasteiger partial charge in [-0.15, -0.1) is 0 Å². The van der Waals surface area contributed by atoms with Crippen LogP contribution in [-0.2, 0) is 4.74 Å². The van der Waals surface area contributed by atoms with E-state index in [4.69, 9.17) is 4.74 Å². The number of hydrogen-bond acceptors (Lipinski definition) is 4. The molecule has 0 bridgehead atoms. The molecule has 0 saturated carbocycles. The summed E-state index contributed by atoms with van der Waals surface area (Å²) < 4.78 is 5.25. The van der Waals surface area contributed by atoms with E-state index in [9.17, 15) is 0 Å². The van der Waals surface area contributed by atoms with Gasteiger partial charge in [-0.3, -0.25) is 0 Å². The number of nitrogens with one attached hydrogen (secondary N) is 1. The van der Waals surface area contributed by atoms with Crippen LogP contribution in [0.15, 0.2) is 24.3 Å². The summed E-state index contributed by atoms with van der Waals surface area (Å²) in [6, 6.07) is 8.96. The van der Waals surface area contributed by atoms with Gasteiger partial charge >= 0.3 is 0 Å². The van der Waals surface area contributed by atoms with Gasteiger partial charge in [0.25, 0.3) is 0 Å². The molecule has 1 atom stereocenters. The standard InChI is InChI=1S/C14H23N3O/c1-15-12(11-18-3)10-17-9-8-16(2)13-6-4-5-7-14(13)17/h4-7,12,15H,8-11H2,1-3H3. The second-order valence-electron chi connectivity index (χ2n) is 4.80. The molecule has 2 rings (SSSR count). The predicted molar refractivity (Wildman–Crippen MR) is 76.6 cm³/mol. The number of fused-ring (bicyclic) bond motifs is 1. The number of rotatable bonds is 5.